The second-order valence-electron chi connectivity index (χ2n) is 6.70. The standard InChI is InChI=1S/C23H22N4O2/c1-27-15-14-24-22(27)21(18-11-5-6-13-20(18)29-2)26-23(28)25-19-12-7-9-16-8-3-4-10-17(16)19/h3-15,21H,1-2H3,(H2,25,26,28)/t21-/m1/s1. The van der Waals surface area contributed by atoms with E-state index >= 15 is 0 Å². The van der Waals surface area contributed by atoms with Crippen molar-refractivity contribution in [2.75, 3.05) is 12.4 Å². The van der Waals surface area contributed by atoms with Gasteiger partial charge in [-0.05, 0) is 17.5 Å². The van der Waals surface area contributed by atoms with E-state index in [1.165, 1.54) is 0 Å². The lowest BCUT2D eigenvalue weighted by Gasteiger charge is -2.21. The van der Waals surface area contributed by atoms with Gasteiger partial charge in [-0.3, -0.25) is 0 Å². The molecule has 4 rings (SSSR count). The molecule has 6 heteroatoms. The van der Waals surface area contributed by atoms with Crippen molar-refractivity contribution in [2.24, 2.45) is 7.05 Å². The van der Waals surface area contributed by atoms with Crippen LogP contribution in [-0.4, -0.2) is 22.7 Å². The van der Waals surface area contributed by atoms with Gasteiger partial charge >= 0.3 is 6.03 Å². The molecule has 0 fully saturated rings. The second-order valence-corrected chi connectivity index (χ2v) is 6.70. The smallest absolute Gasteiger partial charge is 0.320 e. The predicted molar refractivity (Wildman–Crippen MR) is 114 cm³/mol. The van der Waals surface area contributed by atoms with Crippen LogP contribution in [0, 0.1) is 0 Å². The Morgan fingerprint density at radius 2 is 1.79 bits per heavy atom. The minimum absolute atomic E-state index is 0.319. The van der Waals surface area contributed by atoms with Crippen molar-refractivity contribution >= 4 is 22.5 Å². The van der Waals surface area contributed by atoms with Gasteiger partial charge in [0.1, 0.15) is 17.6 Å². The lowest BCUT2D eigenvalue weighted by Crippen LogP contribution is -2.34. The molecular formula is C23H22N4O2. The van der Waals surface area contributed by atoms with E-state index in [2.05, 4.69) is 15.6 Å². The number of aryl methyl sites for hydroxylation is 1. The van der Waals surface area contributed by atoms with Crippen molar-refractivity contribution < 1.29 is 9.53 Å². The lowest BCUT2D eigenvalue weighted by atomic mass is 10.0. The summed E-state index contributed by atoms with van der Waals surface area (Å²) in [5, 5.41) is 8.08. The number of carbonyl (C=O) groups is 1. The number of para-hydroxylation sites is 1. The van der Waals surface area contributed by atoms with Crippen LogP contribution in [0.1, 0.15) is 17.4 Å². The third-order valence-electron chi connectivity index (χ3n) is 4.88. The molecule has 4 aromatic rings. The number of imidazole rings is 1. The first kappa shape index (κ1) is 18.6. The van der Waals surface area contributed by atoms with Crippen molar-refractivity contribution in [2.45, 2.75) is 6.04 Å². The molecule has 2 N–H and O–H groups in total. The van der Waals surface area contributed by atoms with Gasteiger partial charge in [0, 0.05) is 30.4 Å². The van der Waals surface area contributed by atoms with Gasteiger partial charge in [0.05, 0.1) is 12.8 Å². The zero-order chi connectivity index (χ0) is 20.2. The van der Waals surface area contributed by atoms with Crippen LogP contribution in [0.2, 0.25) is 0 Å². The third kappa shape index (κ3) is 3.78. The summed E-state index contributed by atoms with van der Waals surface area (Å²) in [6, 6.07) is 20.6. The summed E-state index contributed by atoms with van der Waals surface area (Å²) in [7, 11) is 3.51. The summed E-state index contributed by atoms with van der Waals surface area (Å²) in [6.45, 7) is 0. The number of rotatable bonds is 5. The summed E-state index contributed by atoms with van der Waals surface area (Å²) < 4.78 is 7.40. The normalized spacial score (nSPS) is 11.8. The van der Waals surface area contributed by atoms with E-state index in [9.17, 15) is 4.79 Å². The first-order valence-electron chi connectivity index (χ1n) is 9.33. The van der Waals surface area contributed by atoms with Gasteiger partial charge in [0.25, 0.3) is 0 Å². The van der Waals surface area contributed by atoms with Crippen molar-refractivity contribution in [3.63, 3.8) is 0 Å². The number of urea groups is 1. The molecule has 1 aromatic heterocycles. The quantitative estimate of drug-likeness (QED) is 0.531. The average Bonchev–Trinajstić information content (AvgIpc) is 3.18. The van der Waals surface area contributed by atoms with E-state index in [4.69, 9.17) is 4.74 Å². The zero-order valence-corrected chi connectivity index (χ0v) is 16.3. The fraction of sp³-hybridized carbons (Fsp3) is 0.130. The molecule has 0 unspecified atom stereocenters. The maximum Gasteiger partial charge on any atom is 0.320 e. The average molecular weight is 386 g/mol. The fourth-order valence-corrected chi connectivity index (χ4v) is 3.47. The maximum atomic E-state index is 12.9. The van der Waals surface area contributed by atoms with Gasteiger partial charge in [0.15, 0.2) is 0 Å². The minimum atomic E-state index is -0.471. The van der Waals surface area contributed by atoms with E-state index in [1.54, 1.807) is 13.3 Å². The number of ether oxygens (including phenoxy) is 1. The molecule has 0 radical (unpaired) electrons. The van der Waals surface area contributed by atoms with Crippen LogP contribution in [0.5, 0.6) is 5.75 Å². The molecule has 2 amide bonds. The van der Waals surface area contributed by atoms with E-state index in [1.807, 2.05) is 84.5 Å². The third-order valence-corrected chi connectivity index (χ3v) is 4.88. The summed E-state index contributed by atoms with van der Waals surface area (Å²) in [6.07, 6.45) is 3.56. The number of benzene rings is 3. The molecule has 0 aliphatic carbocycles. The Balaban J connectivity index is 1.66. The van der Waals surface area contributed by atoms with Crippen molar-refractivity contribution in [3.05, 3.63) is 90.5 Å². The monoisotopic (exact) mass is 386 g/mol. The summed E-state index contributed by atoms with van der Waals surface area (Å²) >= 11 is 0. The van der Waals surface area contributed by atoms with Gasteiger partial charge in [0.2, 0.25) is 0 Å². The molecular weight excluding hydrogens is 364 g/mol. The summed E-state index contributed by atoms with van der Waals surface area (Å²) in [5.41, 5.74) is 1.58. The van der Waals surface area contributed by atoms with Crippen LogP contribution in [-0.2, 0) is 7.05 Å². The first-order chi connectivity index (χ1) is 14.2. The number of nitrogens with zero attached hydrogens (tertiary/aromatic N) is 2. The Bertz CT molecular complexity index is 1150. The summed E-state index contributed by atoms with van der Waals surface area (Å²) in [5.74, 6) is 1.40. The number of nitrogens with one attached hydrogen (secondary N) is 2. The predicted octanol–water partition coefficient (Wildman–Crippen LogP) is 4.49. The fourth-order valence-electron chi connectivity index (χ4n) is 3.47. The van der Waals surface area contributed by atoms with Crippen LogP contribution >= 0.6 is 0 Å². The molecule has 3 aromatic carbocycles. The molecule has 0 saturated carbocycles. The van der Waals surface area contributed by atoms with Crippen LogP contribution in [0.4, 0.5) is 10.5 Å². The Hall–Kier alpha value is -3.80. The number of hydrogen-bond acceptors (Lipinski definition) is 3. The molecule has 0 aliphatic heterocycles. The van der Waals surface area contributed by atoms with E-state index < -0.39 is 6.04 Å². The Kier molecular flexibility index (Phi) is 5.16. The molecule has 1 atom stereocenters. The van der Waals surface area contributed by atoms with Crippen LogP contribution < -0.4 is 15.4 Å². The molecule has 1 heterocycles. The lowest BCUT2D eigenvalue weighted by molar-refractivity contribution is 0.249. The van der Waals surface area contributed by atoms with Crippen molar-refractivity contribution in [1.29, 1.82) is 0 Å². The first-order valence-corrected chi connectivity index (χ1v) is 9.33. The topological polar surface area (TPSA) is 68.2 Å². The van der Waals surface area contributed by atoms with Gasteiger partial charge in [-0.2, -0.15) is 0 Å². The van der Waals surface area contributed by atoms with Crippen molar-refractivity contribution in [3.8, 4) is 5.75 Å². The Morgan fingerprint density at radius 3 is 2.59 bits per heavy atom. The van der Waals surface area contributed by atoms with E-state index in [-0.39, 0.29) is 6.03 Å². The maximum absolute atomic E-state index is 12.9. The molecule has 0 aliphatic rings. The molecule has 0 bridgehead atoms. The molecule has 146 valence electrons. The number of fused-ring (bicyclic) bond motifs is 1. The van der Waals surface area contributed by atoms with Gasteiger partial charge in [-0.15, -0.1) is 0 Å². The number of carbonyl (C=O) groups excluding carboxylic acids is 1. The highest BCUT2D eigenvalue weighted by Crippen LogP contribution is 2.29. The minimum Gasteiger partial charge on any atom is -0.496 e. The van der Waals surface area contributed by atoms with Crippen LogP contribution in [0.25, 0.3) is 10.8 Å². The highest BCUT2D eigenvalue weighted by molar-refractivity contribution is 6.01. The number of anilines is 1. The SMILES string of the molecule is COc1ccccc1[C@@H](NC(=O)Nc1cccc2ccccc12)c1nccn1C. The number of hydrogen-bond donors (Lipinski definition) is 2. The highest BCUT2D eigenvalue weighted by atomic mass is 16.5. The van der Waals surface area contributed by atoms with Crippen molar-refractivity contribution in [1.82, 2.24) is 14.9 Å². The zero-order valence-electron chi connectivity index (χ0n) is 16.3. The number of amides is 2. The molecule has 0 spiro atoms. The highest BCUT2D eigenvalue weighted by Gasteiger charge is 2.24. The Morgan fingerprint density at radius 1 is 1.03 bits per heavy atom. The molecule has 0 saturated heterocycles. The van der Waals surface area contributed by atoms with Gasteiger partial charge in [-0.1, -0.05) is 54.6 Å². The van der Waals surface area contributed by atoms with Crippen LogP contribution in [0.15, 0.2) is 79.1 Å². The van der Waals surface area contributed by atoms with Crippen LogP contribution in [0.3, 0.4) is 0 Å². The van der Waals surface area contributed by atoms with Gasteiger partial charge in [-0.25, -0.2) is 9.78 Å². The second kappa shape index (κ2) is 8.06. The Labute approximate surface area is 169 Å². The molecule has 6 nitrogen and oxygen atoms in total. The van der Waals surface area contributed by atoms with E-state index in [0.29, 0.717) is 11.6 Å². The van der Waals surface area contributed by atoms with Gasteiger partial charge < -0.3 is 19.9 Å². The molecule has 29 heavy (non-hydrogen) atoms. The number of methoxy groups -OCH3 is 1. The van der Waals surface area contributed by atoms with E-state index in [0.717, 1.165) is 22.0 Å². The summed E-state index contributed by atoms with van der Waals surface area (Å²) in [4.78, 5) is 17.4. The largest absolute Gasteiger partial charge is 0.496 e. The number of aromatic nitrogens is 2.